The zero-order chi connectivity index (χ0) is 18.9. The molecule has 0 bridgehead atoms. The molecule has 6 heteroatoms. The molecule has 0 aromatic heterocycles. The normalized spacial score (nSPS) is 21.7. The Morgan fingerprint density at radius 1 is 1.12 bits per heavy atom. The molecule has 2 aliphatic rings. The van der Waals surface area contributed by atoms with E-state index in [9.17, 15) is 4.79 Å². The average Bonchev–Trinajstić information content (AvgIpc) is 2.83. The van der Waals surface area contributed by atoms with Gasteiger partial charge < -0.3 is 18.9 Å². The van der Waals surface area contributed by atoms with Gasteiger partial charge in [-0.3, -0.25) is 4.79 Å². The summed E-state index contributed by atoms with van der Waals surface area (Å²) in [6.45, 7) is 9.87. The average molecular weight is 359 g/mol. The van der Waals surface area contributed by atoms with Crippen LogP contribution in [0.1, 0.15) is 52.5 Å². The SMILES string of the molecule is COc1ccc(B2OC(C)(C)C(C)(C)O2)cc1CC(=O)N1CCCCC1. The van der Waals surface area contributed by atoms with Gasteiger partial charge in [0.1, 0.15) is 5.75 Å². The van der Waals surface area contributed by atoms with E-state index in [1.165, 1.54) is 6.42 Å². The van der Waals surface area contributed by atoms with Crippen LogP contribution in [0, 0.1) is 0 Å². The number of piperidine rings is 1. The van der Waals surface area contributed by atoms with Gasteiger partial charge in [-0.25, -0.2) is 0 Å². The van der Waals surface area contributed by atoms with Gasteiger partial charge in [0.05, 0.1) is 24.7 Å². The van der Waals surface area contributed by atoms with Crippen LogP contribution in [-0.2, 0) is 20.5 Å². The van der Waals surface area contributed by atoms with Gasteiger partial charge in [0.15, 0.2) is 0 Å². The second kappa shape index (κ2) is 7.24. The van der Waals surface area contributed by atoms with Crippen LogP contribution in [0.4, 0.5) is 0 Å². The molecule has 0 spiro atoms. The van der Waals surface area contributed by atoms with Crippen LogP contribution in [0.25, 0.3) is 0 Å². The Kier molecular flexibility index (Phi) is 5.36. The third-order valence-electron chi connectivity index (χ3n) is 5.88. The third-order valence-corrected chi connectivity index (χ3v) is 5.88. The first-order valence-corrected chi connectivity index (χ1v) is 9.54. The second-order valence-electron chi connectivity index (χ2n) is 8.28. The fourth-order valence-electron chi connectivity index (χ4n) is 3.48. The topological polar surface area (TPSA) is 48.0 Å². The number of methoxy groups -OCH3 is 1. The molecule has 142 valence electrons. The molecule has 0 N–H and O–H groups in total. The summed E-state index contributed by atoms with van der Waals surface area (Å²) in [7, 11) is 1.20. The molecular weight excluding hydrogens is 329 g/mol. The molecule has 2 aliphatic heterocycles. The minimum absolute atomic E-state index is 0.161. The predicted octanol–water partition coefficient (Wildman–Crippen LogP) is 2.55. The first-order valence-electron chi connectivity index (χ1n) is 9.54. The van der Waals surface area contributed by atoms with Gasteiger partial charge in [0.25, 0.3) is 0 Å². The summed E-state index contributed by atoms with van der Waals surface area (Å²) in [4.78, 5) is 14.6. The highest BCUT2D eigenvalue weighted by atomic mass is 16.7. The van der Waals surface area contributed by atoms with Gasteiger partial charge in [-0.05, 0) is 58.5 Å². The second-order valence-corrected chi connectivity index (χ2v) is 8.28. The van der Waals surface area contributed by atoms with Crippen molar-refractivity contribution in [2.75, 3.05) is 20.2 Å². The van der Waals surface area contributed by atoms with Crippen molar-refractivity contribution < 1.29 is 18.8 Å². The fraction of sp³-hybridized carbons (Fsp3) is 0.650. The first kappa shape index (κ1) is 19.2. The van der Waals surface area contributed by atoms with E-state index >= 15 is 0 Å². The molecule has 2 heterocycles. The van der Waals surface area contributed by atoms with Gasteiger partial charge in [-0.2, -0.15) is 0 Å². The molecule has 2 saturated heterocycles. The van der Waals surface area contributed by atoms with Crippen molar-refractivity contribution in [3.8, 4) is 5.75 Å². The standard InChI is InChI=1S/C20H30BNO4/c1-19(2)20(3,4)26-21(25-19)16-9-10-17(24-5)15(13-16)14-18(23)22-11-7-6-8-12-22/h9-10,13H,6-8,11-12,14H2,1-5H3. The van der Waals surface area contributed by atoms with Crippen LogP contribution in [0.5, 0.6) is 5.75 Å². The number of carbonyl (C=O) groups is 1. The summed E-state index contributed by atoms with van der Waals surface area (Å²) in [6, 6.07) is 5.85. The Balaban J connectivity index is 1.80. The van der Waals surface area contributed by atoms with Gasteiger partial charge in [-0.1, -0.05) is 12.1 Å². The maximum atomic E-state index is 12.7. The number of hydrogen-bond acceptors (Lipinski definition) is 4. The number of ether oxygens (including phenoxy) is 1. The van der Waals surface area contributed by atoms with Crippen molar-refractivity contribution in [1.82, 2.24) is 4.90 Å². The number of benzene rings is 1. The predicted molar refractivity (Wildman–Crippen MR) is 103 cm³/mol. The zero-order valence-electron chi connectivity index (χ0n) is 16.6. The van der Waals surface area contributed by atoms with E-state index in [1.807, 2.05) is 50.8 Å². The van der Waals surface area contributed by atoms with Crippen molar-refractivity contribution >= 4 is 18.5 Å². The Labute approximate surface area is 157 Å². The molecule has 2 fully saturated rings. The summed E-state index contributed by atoms with van der Waals surface area (Å²) in [6.07, 6.45) is 3.74. The van der Waals surface area contributed by atoms with E-state index in [1.54, 1.807) is 7.11 Å². The lowest BCUT2D eigenvalue weighted by molar-refractivity contribution is -0.131. The van der Waals surface area contributed by atoms with Crippen molar-refractivity contribution in [1.29, 1.82) is 0 Å². The monoisotopic (exact) mass is 359 g/mol. The molecule has 26 heavy (non-hydrogen) atoms. The lowest BCUT2D eigenvalue weighted by Gasteiger charge is -2.32. The van der Waals surface area contributed by atoms with Crippen molar-refractivity contribution in [3.05, 3.63) is 23.8 Å². The lowest BCUT2D eigenvalue weighted by Crippen LogP contribution is -2.41. The Bertz CT molecular complexity index is 652. The molecule has 0 atom stereocenters. The molecule has 3 rings (SSSR count). The summed E-state index contributed by atoms with van der Waals surface area (Å²) in [5.74, 6) is 0.893. The molecule has 1 aromatic carbocycles. The molecular formula is C20H30BNO4. The number of carbonyl (C=O) groups excluding carboxylic acids is 1. The summed E-state index contributed by atoms with van der Waals surface area (Å²) < 4.78 is 17.8. The fourth-order valence-corrected chi connectivity index (χ4v) is 3.48. The van der Waals surface area contributed by atoms with Crippen LogP contribution in [0.3, 0.4) is 0 Å². The largest absolute Gasteiger partial charge is 0.496 e. The van der Waals surface area contributed by atoms with E-state index < -0.39 is 7.12 Å². The van der Waals surface area contributed by atoms with Crippen LogP contribution in [0.2, 0.25) is 0 Å². The smallest absolute Gasteiger partial charge is 0.494 e. The van der Waals surface area contributed by atoms with Crippen molar-refractivity contribution in [3.63, 3.8) is 0 Å². The molecule has 0 saturated carbocycles. The number of hydrogen-bond donors (Lipinski definition) is 0. The maximum absolute atomic E-state index is 12.7. The highest BCUT2D eigenvalue weighted by molar-refractivity contribution is 6.62. The third kappa shape index (κ3) is 3.76. The van der Waals surface area contributed by atoms with E-state index in [4.69, 9.17) is 14.0 Å². The summed E-state index contributed by atoms with van der Waals surface area (Å²) >= 11 is 0. The molecule has 0 unspecified atom stereocenters. The van der Waals surface area contributed by atoms with E-state index in [2.05, 4.69) is 0 Å². The Hall–Kier alpha value is -1.53. The van der Waals surface area contributed by atoms with Gasteiger partial charge in [0, 0.05) is 18.7 Å². The van der Waals surface area contributed by atoms with Gasteiger partial charge >= 0.3 is 7.12 Å². The molecule has 1 aromatic rings. The molecule has 0 aliphatic carbocycles. The van der Waals surface area contributed by atoms with Crippen LogP contribution < -0.4 is 10.2 Å². The number of likely N-dealkylation sites (tertiary alicyclic amines) is 1. The van der Waals surface area contributed by atoms with E-state index in [-0.39, 0.29) is 17.1 Å². The minimum atomic E-state index is -0.435. The minimum Gasteiger partial charge on any atom is -0.496 e. The number of amides is 1. The zero-order valence-corrected chi connectivity index (χ0v) is 16.6. The van der Waals surface area contributed by atoms with Crippen LogP contribution >= 0.6 is 0 Å². The van der Waals surface area contributed by atoms with Crippen LogP contribution in [0.15, 0.2) is 18.2 Å². The molecule has 1 amide bonds. The molecule has 0 radical (unpaired) electrons. The quantitative estimate of drug-likeness (QED) is 0.776. The van der Waals surface area contributed by atoms with E-state index in [0.29, 0.717) is 6.42 Å². The number of rotatable bonds is 4. The molecule has 5 nitrogen and oxygen atoms in total. The van der Waals surface area contributed by atoms with Gasteiger partial charge in [-0.15, -0.1) is 0 Å². The summed E-state index contributed by atoms with van der Waals surface area (Å²) in [5, 5.41) is 0. The number of nitrogens with zero attached hydrogens (tertiary/aromatic N) is 1. The van der Waals surface area contributed by atoms with Crippen molar-refractivity contribution in [2.45, 2.75) is 64.6 Å². The van der Waals surface area contributed by atoms with Crippen LogP contribution in [-0.4, -0.2) is 49.3 Å². The van der Waals surface area contributed by atoms with Gasteiger partial charge in [0.2, 0.25) is 5.91 Å². The highest BCUT2D eigenvalue weighted by Gasteiger charge is 2.51. The van der Waals surface area contributed by atoms with E-state index in [0.717, 1.165) is 42.7 Å². The maximum Gasteiger partial charge on any atom is 0.494 e. The first-order chi connectivity index (χ1) is 12.2. The Morgan fingerprint density at radius 3 is 2.31 bits per heavy atom. The highest BCUT2D eigenvalue weighted by Crippen LogP contribution is 2.36. The van der Waals surface area contributed by atoms with Crippen molar-refractivity contribution in [2.24, 2.45) is 0 Å². The Morgan fingerprint density at radius 2 is 1.73 bits per heavy atom. The summed E-state index contributed by atoms with van der Waals surface area (Å²) in [5.41, 5.74) is 1.03. The lowest BCUT2D eigenvalue weighted by atomic mass is 9.78.